The summed E-state index contributed by atoms with van der Waals surface area (Å²) in [7, 11) is 1.37. The molecule has 2 aromatic rings. The zero-order valence-corrected chi connectivity index (χ0v) is 10.4. The van der Waals surface area contributed by atoms with Gasteiger partial charge in [0.2, 0.25) is 0 Å². The molecule has 2 aromatic carbocycles. The first-order chi connectivity index (χ1) is 9.42. The van der Waals surface area contributed by atoms with Crippen molar-refractivity contribution in [1.82, 2.24) is 5.32 Å². The summed E-state index contributed by atoms with van der Waals surface area (Å²) in [6.07, 6.45) is 0. The normalized spacial score (nSPS) is 12.5. The van der Waals surface area contributed by atoms with Crippen molar-refractivity contribution in [2.24, 2.45) is 0 Å². The summed E-state index contributed by atoms with van der Waals surface area (Å²) in [5.41, 5.74) is -0.506. The Hall–Kier alpha value is -1.95. The molecule has 0 spiro atoms. The van der Waals surface area contributed by atoms with Crippen molar-refractivity contribution in [3.63, 3.8) is 0 Å². The average Bonchev–Trinajstić information content (AvgIpc) is 2.32. The Labute approximate surface area is 112 Å². The first-order valence-corrected chi connectivity index (χ1v) is 5.70. The summed E-state index contributed by atoms with van der Waals surface area (Å²) in [4.78, 5) is 0. The molecule has 106 valence electrons. The van der Waals surface area contributed by atoms with Crippen molar-refractivity contribution in [1.29, 1.82) is 0 Å². The van der Waals surface area contributed by atoms with E-state index in [2.05, 4.69) is 5.32 Å². The van der Waals surface area contributed by atoms with E-state index in [-0.39, 0.29) is 5.56 Å². The molecule has 1 nitrogen and oxygen atoms in total. The predicted molar refractivity (Wildman–Crippen MR) is 63.6 cm³/mol. The monoisotopic (exact) mass is 287 g/mol. The molecule has 1 unspecified atom stereocenters. The van der Waals surface area contributed by atoms with E-state index in [0.29, 0.717) is 18.2 Å². The molecule has 0 aliphatic heterocycles. The quantitative estimate of drug-likeness (QED) is 0.849. The van der Waals surface area contributed by atoms with Crippen LogP contribution in [0, 0.1) is 29.1 Å². The van der Waals surface area contributed by atoms with Crippen molar-refractivity contribution in [2.75, 3.05) is 7.05 Å². The smallest absolute Gasteiger partial charge is 0.134 e. The molecule has 0 heterocycles. The highest BCUT2D eigenvalue weighted by molar-refractivity contribution is 5.34. The molecule has 0 fully saturated rings. The standard InChI is InChI=1S/C14H10F5N/c1-20-14(7-2-8(15)4-9(16)3-7)13-11(18)5-10(17)6-12(13)19/h2-6,14,20H,1H3. The second-order valence-electron chi connectivity index (χ2n) is 4.21. The predicted octanol–water partition coefficient (Wildman–Crippen LogP) is 3.69. The zero-order valence-electron chi connectivity index (χ0n) is 10.4. The fourth-order valence-corrected chi connectivity index (χ4v) is 2.05. The van der Waals surface area contributed by atoms with Crippen LogP contribution < -0.4 is 5.32 Å². The molecule has 0 amide bonds. The summed E-state index contributed by atoms with van der Waals surface area (Å²) in [5.74, 6) is -5.08. The van der Waals surface area contributed by atoms with Crippen LogP contribution in [0.25, 0.3) is 0 Å². The maximum absolute atomic E-state index is 13.7. The zero-order chi connectivity index (χ0) is 14.9. The van der Waals surface area contributed by atoms with Crippen molar-refractivity contribution in [2.45, 2.75) is 6.04 Å². The van der Waals surface area contributed by atoms with Gasteiger partial charge in [-0.3, -0.25) is 0 Å². The van der Waals surface area contributed by atoms with Crippen LogP contribution in [0.15, 0.2) is 30.3 Å². The van der Waals surface area contributed by atoms with Crippen molar-refractivity contribution >= 4 is 0 Å². The fraction of sp³-hybridized carbons (Fsp3) is 0.143. The van der Waals surface area contributed by atoms with Gasteiger partial charge in [0.05, 0.1) is 6.04 Å². The van der Waals surface area contributed by atoms with Crippen LogP contribution in [-0.2, 0) is 0 Å². The molecule has 0 aromatic heterocycles. The minimum absolute atomic E-state index is 0.00518. The summed E-state index contributed by atoms with van der Waals surface area (Å²) in [6.45, 7) is 0. The maximum atomic E-state index is 13.7. The number of hydrogen-bond donors (Lipinski definition) is 1. The van der Waals surface area contributed by atoms with Crippen LogP contribution in [0.4, 0.5) is 22.0 Å². The van der Waals surface area contributed by atoms with Crippen molar-refractivity contribution in [3.8, 4) is 0 Å². The van der Waals surface area contributed by atoms with Gasteiger partial charge in [-0.1, -0.05) is 0 Å². The van der Waals surface area contributed by atoms with Crippen LogP contribution in [0.3, 0.4) is 0 Å². The molecule has 6 heteroatoms. The van der Waals surface area contributed by atoms with Gasteiger partial charge in [-0.15, -0.1) is 0 Å². The van der Waals surface area contributed by atoms with Crippen LogP contribution in [-0.4, -0.2) is 7.05 Å². The van der Waals surface area contributed by atoms with Gasteiger partial charge in [-0.25, -0.2) is 22.0 Å². The first kappa shape index (κ1) is 14.5. The topological polar surface area (TPSA) is 12.0 Å². The first-order valence-electron chi connectivity index (χ1n) is 5.70. The highest BCUT2D eigenvalue weighted by Gasteiger charge is 2.22. The van der Waals surface area contributed by atoms with Crippen LogP contribution in [0.2, 0.25) is 0 Å². The Kier molecular flexibility index (Phi) is 4.04. The van der Waals surface area contributed by atoms with E-state index in [9.17, 15) is 22.0 Å². The average molecular weight is 287 g/mol. The summed E-state index contributed by atoms with van der Waals surface area (Å²) < 4.78 is 66.7. The summed E-state index contributed by atoms with van der Waals surface area (Å²) in [5, 5.41) is 2.55. The van der Waals surface area contributed by atoms with Gasteiger partial charge in [0.25, 0.3) is 0 Å². The number of halogens is 5. The second kappa shape index (κ2) is 5.58. The Morgan fingerprint density at radius 2 is 1.20 bits per heavy atom. The van der Waals surface area contributed by atoms with Crippen LogP contribution in [0.5, 0.6) is 0 Å². The van der Waals surface area contributed by atoms with E-state index in [1.807, 2.05) is 0 Å². The largest absolute Gasteiger partial charge is 0.309 e. The number of nitrogens with one attached hydrogen (secondary N) is 1. The lowest BCUT2D eigenvalue weighted by Crippen LogP contribution is -2.21. The lowest BCUT2D eigenvalue weighted by Gasteiger charge is -2.19. The second-order valence-corrected chi connectivity index (χ2v) is 4.21. The number of benzene rings is 2. The van der Waals surface area contributed by atoms with Gasteiger partial charge in [0, 0.05) is 23.8 Å². The number of hydrogen-bond acceptors (Lipinski definition) is 1. The summed E-state index contributed by atoms with van der Waals surface area (Å²) in [6, 6.07) is 2.43. The van der Waals surface area contributed by atoms with E-state index in [4.69, 9.17) is 0 Å². The Morgan fingerprint density at radius 3 is 1.65 bits per heavy atom. The van der Waals surface area contributed by atoms with Gasteiger partial charge >= 0.3 is 0 Å². The van der Waals surface area contributed by atoms with E-state index in [1.54, 1.807) is 0 Å². The minimum Gasteiger partial charge on any atom is -0.309 e. The molecule has 0 saturated carbocycles. The van der Waals surface area contributed by atoms with Crippen molar-refractivity contribution in [3.05, 3.63) is 70.5 Å². The van der Waals surface area contributed by atoms with Gasteiger partial charge in [-0.2, -0.15) is 0 Å². The molecule has 2 rings (SSSR count). The van der Waals surface area contributed by atoms with Gasteiger partial charge in [-0.05, 0) is 24.7 Å². The highest BCUT2D eigenvalue weighted by Crippen LogP contribution is 2.28. The summed E-state index contributed by atoms with van der Waals surface area (Å²) >= 11 is 0. The Bertz CT molecular complexity index is 598. The third kappa shape index (κ3) is 2.80. The van der Waals surface area contributed by atoms with E-state index in [1.165, 1.54) is 7.05 Å². The van der Waals surface area contributed by atoms with Crippen molar-refractivity contribution < 1.29 is 22.0 Å². The molecule has 0 radical (unpaired) electrons. The Balaban J connectivity index is 2.58. The molecular weight excluding hydrogens is 277 g/mol. The fourth-order valence-electron chi connectivity index (χ4n) is 2.05. The molecule has 20 heavy (non-hydrogen) atoms. The molecule has 1 atom stereocenters. The molecule has 0 bridgehead atoms. The molecular formula is C14H10F5N. The minimum atomic E-state index is -1.14. The van der Waals surface area contributed by atoms with E-state index < -0.39 is 40.7 Å². The molecule has 0 aliphatic rings. The lowest BCUT2D eigenvalue weighted by atomic mass is 9.97. The van der Waals surface area contributed by atoms with E-state index >= 15 is 0 Å². The lowest BCUT2D eigenvalue weighted by molar-refractivity contribution is 0.496. The van der Waals surface area contributed by atoms with Gasteiger partial charge < -0.3 is 5.32 Å². The SMILES string of the molecule is CNC(c1cc(F)cc(F)c1)c1c(F)cc(F)cc1F. The van der Waals surface area contributed by atoms with E-state index in [0.717, 1.165) is 12.1 Å². The van der Waals surface area contributed by atoms with Gasteiger partial charge in [0.1, 0.15) is 29.1 Å². The van der Waals surface area contributed by atoms with Gasteiger partial charge in [0.15, 0.2) is 0 Å². The third-order valence-electron chi connectivity index (χ3n) is 2.84. The highest BCUT2D eigenvalue weighted by atomic mass is 19.2. The molecule has 1 N–H and O–H groups in total. The number of rotatable bonds is 3. The third-order valence-corrected chi connectivity index (χ3v) is 2.84. The Morgan fingerprint density at radius 1 is 0.750 bits per heavy atom. The molecule has 0 saturated heterocycles. The van der Waals surface area contributed by atoms with Crippen LogP contribution in [0.1, 0.15) is 17.2 Å². The van der Waals surface area contributed by atoms with Crippen LogP contribution >= 0.6 is 0 Å². The maximum Gasteiger partial charge on any atom is 0.134 e. The molecule has 0 aliphatic carbocycles.